The van der Waals surface area contributed by atoms with E-state index >= 15 is 0 Å². The number of thiazole rings is 1. The summed E-state index contributed by atoms with van der Waals surface area (Å²) in [5.41, 5.74) is 1.70. The van der Waals surface area contributed by atoms with Gasteiger partial charge >= 0.3 is 0 Å². The van der Waals surface area contributed by atoms with E-state index in [1.165, 1.54) is 0 Å². The lowest BCUT2D eigenvalue weighted by molar-refractivity contribution is 0.0342. The molecule has 0 bridgehead atoms. The Hall–Kier alpha value is -1.24. The van der Waals surface area contributed by atoms with Gasteiger partial charge in [-0.1, -0.05) is 5.16 Å². The monoisotopic (exact) mass is 251 g/mol. The van der Waals surface area contributed by atoms with E-state index in [-0.39, 0.29) is 0 Å². The van der Waals surface area contributed by atoms with E-state index in [1.54, 1.807) is 17.6 Å². The first kappa shape index (κ1) is 10.9. The normalized spacial score (nSPS) is 17.4. The maximum Gasteiger partial charge on any atom is 0.133 e. The summed E-state index contributed by atoms with van der Waals surface area (Å²) in [6, 6.07) is 1.83. The van der Waals surface area contributed by atoms with Gasteiger partial charge in [-0.25, -0.2) is 4.98 Å². The highest BCUT2D eigenvalue weighted by atomic mass is 32.1. The summed E-state index contributed by atoms with van der Waals surface area (Å²) in [6.45, 7) is 4.51. The number of hydrogen-bond acceptors (Lipinski definition) is 6. The maximum absolute atomic E-state index is 5.32. The van der Waals surface area contributed by atoms with Crippen LogP contribution < -0.4 is 0 Å². The Morgan fingerprint density at radius 1 is 1.29 bits per heavy atom. The summed E-state index contributed by atoms with van der Waals surface area (Å²) in [5, 5.41) is 7.02. The van der Waals surface area contributed by atoms with Crippen LogP contribution in [0.2, 0.25) is 0 Å². The Balaban J connectivity index is 1.68. The van der Waals surface area contributed by atoms with Crippen molar-refractivity contribution in [3.05, 3.63) is 22.7 Å². The third-order valence-electron chi connectivity index (χ3n) is 2.71. The first-order chi connectivity index (χ1) is 8.42. The molecule has 6 heteroatoms. The van der Waals surface area contributed by atoms with Crippen molar-refractivity contribution in [2.24, 2.45) is 0 Å². The van der Waals surface area contributed by atoms with Crippen molar-refractivity contribution in [3.8, 4) is 11.4 Å². The third-order valence-corrected chi connectivity index (χ3v) is 3.55. The molecule has 1 aliphatic heterocycles. The van der Waals surface area contributed by atoms with Crippen LogP contribution in [0.1, 0.15) is 5.01 Å². The molecule has 1 saturated heterocycles. The lowest BCUT2D eigenvalue weighted by atomic mass is 10.3. The second-order valence-electron chi connectivity index (χ2n) is 3.90. The average Bonchev–Trinajstić information content (AvgIpc) is 3.00. The molecule has 0 aromatic carbocycles. The van der Waals surface area contributed by atoms with Gasteiger partial charge in [0.15, 0.2) is 0 Å². The predicted molar refractivity (Wildman–Crippen MR) is 63.7 cm³/mol. The fourth-order valence-corrected chi connectivity index (χ4v) is 2.63. The zero-order valence-electron chi connectivity index (χ0n) is 9.33. The Morgan fingerprint density at radius 2 is 2.18 bits per heavy atom. The van der Waals surface area contributed by atoms with Crippen molar-refractivity contribution < 1.29 is 9.26 Å². The number of aromatic nitrogens is 2. The molecule has 17 heavy (non-hydrogen) atoms. The van der Waals surface area contributed by atoms with Crippen LogP contribution in [-0.2, 0) is 11.3 Å². The van der Waals surface area contributed by atoms with Gasteiger partial charge in [0.05, 0.1) is 19.8 Å². The van der Waals surface area contributed by atoms with Crippen LogP contribution in [0.3, 0.4) is 0 Å². The minimum Gasteiger partial charge on any atom is -0.379 e. The van der Waals surface area contributed by atoms with Crippen molar-refractivity contribution in [1.82, 2.24) is 15.0 Å². The maximum atomic E-state index is 5.32. The van der Waals surface area contributed by atoms with Crippen LogP contribution in [0.5, 0.6) is 0 Å². The van der Waals surface area contributed by atoms with Crippen LogP contribution in [0.25, 0.3) is 11.4 Å². The van der Waals surface area contributed by atoms with E-state index in [4.69, 9.17) is 9.26 Å². The van der Waals surface area contributed by atoms with Gasteiger partial charge in [0.2, 0.25) is 0 Å². The van der Waals surface area contributed by atoms with Crippen molar-refractivity contribution in [1.29, 1.82) is 0 Å². The highest BCUT2D eigenvalue weighted by Crippen LogP contribution is 2.21. The largest absolute Gasteiger partial charge is 0.379 e. The second-order valence-corrected chi connectivity index (χ2v) is 4.84. The molecule has 2 aromatic heterocycles. The summed E-state index contributed by atoms with van der Waals surface area (Å²) >= 11 is 1.67. The Kier molecular flexibility index (Phi) is 3.17. The third kappa shape index (κ3) is 2.54. The molecule has 0 spiro atoms. The van der Waals surface area contributed by atoms with Crippen molar-refractivity contribution in [2.45, 2.75) is 6.54 Å². The minimum absolute atomic E-state index is 0.800. The fraction of sp³-hybridized carbons (Fsp3) is 0.455. The number of ether oxygens (including phenoxy) is 1. The van der Waals surface area contributed by atoms with Crippen molar-refractivity contribution in [3.63, 3.8) is 0 Å². The molecular formula is C11H13N3O2S. The molecule has 5 nitrogen and oxygen atoms in total. The van der Waals surface area contributed by atoms with E-state index in [0.29, 0.717) is 0 Å². The van der Waals surface area contributed by atoms with Crippen molar-refractivity contribution >= 4 is 11.3 Å². The molecule has 1 fully saturated rings. The summed E-state index contributed by atoms with van der Waals surface area (Å²) in [4.78, 5) is 6.92. The van der Waals surface area contributed by atoms with Gasteiger partial charge in [0.1, 0.15) is 22.7 Å². The number of hydrogen-bond donors (Lipinski definition) is 0. The number of morpholine rings is 1. The molecule has 0 aliphatic carbocycles. The quantitative estimate of drug-likeness (QED) is 0.830. The Morgan fingerprint density at radius 3 is 2.94 bits per heavy atom. The predicted octanol–water partition coefficient (Wildman–Crippen LogP) is 1.63. The highest BCUT2D eigenvalue weighted by Gasteiger charge is 2.13. The van der Waals surface area contributed by atoms with Gasteiger partial charge in [-0.3, -0.25) is 4.90 Å². The number of rotatable bonds is 3. The highest BCUT2D eigenvalue weighted by molar-refractivity contribution is 7.09. The van der Waals surface area contributed by atoms with Crippen LogP contribution in [0, 0.1) is 0 Å². The molecule has 3 heterocycles. The zero-order chi connectivity index (χ0) is 11.5. The standard InChI is InChI=1S/C11H13N3O2S/c1-4-16-13-9(1)10-8-17-11(12-10)7-14-2-5-15-6-3-14/h1,4,8H,2-3,5-7H2. The molecule has 0 amide bonds. The molecule has 1 aliphatic rings. The SMILES string of the molecule is c1cc(-c2csc(CN3CCOCC3)n2)no1. The summed E-state index contributed by atoms with van der Waals surface area (Å²) in [5.74, 6) is 0. The smallest absolute Gasteiger partial charge is 0.133 e. The molecule has 0 unspecified atom stereocenters. The summed E-state index contributed by atoms with van der Waals surface area (Å²) < 4.78 is 10.1. The molecule has 0 N–H and O–H groups in total. The minimum atomic E-state index is 0.800. The molecule has 0 atom stereocenters. The first-order valence-corrected chi connectivity index (χ1v) is 6.45. The van der Waals surface area contributed by atoms with Gasteiger partial charge in [-0.2, -0.15) is 0 Å². The van der Waals surface area contributed by atoms with Gasteiger partial charge < -0.3 is 9.26 Å². The van der Waals surface area contributed by atoms with Gasteiger partial charge in [0, 0.05) is 24.5 Å². The topological polar surface area (TPSA) is 51.4 Å². The molecule has 90 valence electrons. The Bertz CT molecular complexity index is 463. The van der Waals surface area contributed by atoms with E-state index in [2.05, 4.69) is 15.0 Å². The Labute approximate surface area is 103 Å². The lowest BCUT2D eigenvalue weighted by Gasteiger charge is -2.25. The van der Waals surface area contributed by atoms with Crippen LogP contribution in [-0.4, -0.2) is 41.3 Å². The molecular weight excluding hydrogens is 238 g/mol. The van der Waals surface area contributed by atoms with Crippen LogP contribution in [0.4, 0.5) is 0 Å². The lowest BCUT2D eigenvalue weighted by Crippen LogP contribution is -2.35. The molecule has 0 radical (unpaired) electrons. The number of nitrogens with zero attached hydrogens (tertiary/aromatic N) is 3. The van der Waals surface area contributed by atoms with Crippen molar-refractivity contribution in [2.75, 3.05) is 26.3 Å². The van der Waals surface area contributed by atoms with Crippen LogP contribution in [0.15, 0.2) is 22.2 Å². The van der Waals surface area contributed by atoms with Gasteiger partial charge in [-0.15, -0.1) is 11.3 Å². The van der Waals surface area contributed by atoms with E-state index in [0.717, 1.165) is 49.2 Å². The van der Waals surface area contributed by atoms with E-state index in [9.17, 15) is 0 Å². The summed E-state index contributed by atoms with van der Waals surface area (Å²) in [6.07, 6.45) is 1.57. The molecule has 3 rings (SSSR count). The average molecular weight is 251 g/mol. The van der Waals surface area contributed by atoms with E-state index in [1.807, 2.05) is 11.4 Å². The molecule has 0 saturated carbocycles. The summed E-state index contributed by atoms with van der Waals surface area (Å²) in [7, 11) is 0. The van der Waals surface area contributed by atoms with Gasteiger partial charge in [0.25, 0.3) is 0 Å². The van der Waals surface area contributed by atoms with E-state index < -0.39 is 0 Å². The fourth-order valence-electron chi connectivity index (χ4n) is 1.80. The van der Waals surface area contributed by atoms with Gasteiger partial charge in [-0.05, 0) is 0 Å². The first-order valence-electron chi connectivity index (χ1n) is 5.57. The molecule has 2 aromatic rings. The van der Waals surface area contributed by atoms with Crippen LogP contribution >= 0.6 is 11.3 Å². The zero-order valence-corrected chi connectivity index (χ0v) is 10.2. The second kappa shape index (κ2) is 4.95.